The third-order valence-corrected chi connectivity index (χ3v) is 1.36. The van der Waals surface area contributed by atoms with E-state index in [2.05, 4.69) is 23.3 Å². The summed E-state index contributed by atoms with van der Waals surface area (Å²) in [6.07, 6.45) is 0.409. The van der Waals surface area contributed by atoms with E-state index in [0.717, 1.165) is 0 Å². The van der Waals surface area contributed by atoms with Crippen molar-refractivity contribution >= 4 is 33.4 Å². The van der Waals surface area contributed by atoms with Crippen LogP contribution in [-0.4, -0.2) is 18.7 Å². The maximum atomic E-state index is 9.68. The van der Waals surface area contributed by atoms with E-state index in [1.165, 1.54) is 0 Å². The van der Waals surface area contributed by atoms with E-state index in [9.17, 15) is 13.0 Å². The van der Waals surface area contributed by atoms with Crippen LogP contribution in [0.3, 0.4) is 0 Å². The van der Waals surface area contributed by atoms with E-state index in [4.69, 9.17) is 0 Å². The Balaban J connectivity index is -0.000000149. The minimum absolute atomic E-state index is 0. The number of hydrogen-bond acceptors (Lipinski definition) is 5. The predicted molar refractivity (Wildman–Crippen MR) is 42.8 cm³/mol. The molecule has 3 nitrogen and oxygen atoms in total. The third kappa shape index (κ3) is 22.6. The molecule has 0 saturated carbocycles. The van der Waals surface area contributed by atoms with Crippen LogP contribution in [0.2, 0.25) is 0 Å². The van der Waals surface area contributed by atoms with Gasteiger partial charge in [0.2, 0.25) is 0 Å². The molecule has 0 aromatic heterocycles. The molecule has 0 saturated heterocycles. The summed E-state index contributed by atoms with van der Waals surface area (Å²) in [7, 11) is -3.92. The average Bonchev–Trinajstić information content (AvgIpc) is 1.69. The summed E-state index contributed by atoms with van der Waals surface area (Å²) in [5.41, 5.74) is 0. The maximum Gasteiger partial charge on any atom is 1.00 e. The van der Waals surface area contributed by atoms with Crippen molar-refractivity contribution in [2.45, 2.75) is 13.3 Å². The molecule has 0 N–H and O–H groups in total. The van der Waals surface area contributed by atoms with Crippen LogP contribution in [0.4, 0.5) is 0 Å². The summed E-state index contributed by atoms with van der Waals surface area (Å²) >= 11 is 6.44. The van der Waals surface area contributed by atoms with Crippen LogP contribution in [0.5, 0.6) is 0 Å². The molecule has 0 amide bonds. The van der Waals surface area contributed by atoms with Crippen LogP contribution in [0.1, 0.15) is 13.3 Å². The second kappa shape index (κ2) is 10.6. The Hall–Kier alpha value is 1.61. The summed E-state index contributed by atoms with van der Waals surface area (Å²) in [6, 6.07) is 0. The number of thiol groups is 2. The van der Waals surface area contributed by atoms with Gasteiger partial charge in [-0.3, -0.25) is 0 Å². The predicted octanol–water partition coefficient (Wildman–Crippen LogP) is -2.29. The average molecular weight is 212 g/mol. The van der Waals surface area contributed by atoms with Crippen LogP contribution in [0.25, 0.3) is 0 Å². The molecule has 0 aromatic carbocycles. The van der Waals surface area contributed by atoms with Crippen molar-refractivity contribution in [1.29, 1.82) is 0 Å². The fourth-order valence-corrected chi connectivity index (χ4v) is 0.750. The summed E-state index contributed by atoms with van der Waals surface area (Å²) in [5.74, 6) is -0.243. The third-order valence-electron chi connectivity index (χ3n) is 0.454. The van der Waals surface area contributed by atoms with Gasteiger partial charge in [0.1, 0.15) is 0 Å². The van der Waals surface area contributed by atoms with E-state index in [0.29, 0.717) is 6.42 Å². The molecule has 0 aliphatic heterocycles. The Labute approximate surface area is 94.2 Å². The molecule has 0 spiro atoms. The van der Waals surface area contributed by atoms with Crippen LogP contribution in [-0.2, 0) is 10.1 Å². The van der Waals surface area contributed by atoms with Gasteiger partial charge < -0.3 is 4.55 Å². The Morgan fingerprint density at radius 2 is 1.70 bits per heavy atom. The molecule has 0 radical (unpaired) electrons. The van der Waals surface area contributed by atoms with Crippen LogP contribution in [0, 0.1) is 0 Å². The molecule has 0 atom stereocenters. The summed E-state index contributed by atoms with van der Waals surface area (Å²) < 4.78 is 29.0. The van der Waals surface area contributed by atoms with Gasteiger partial charge in [-0.25, -0.2) is 8.42 Å². The van der Waals surface area contributed by atoms with E-state index >= 15 is 0 Å². The van der Waals surface area contributed by atoms with Gasteiger partial charge in [-0.15, -0.1) is 23.3 Å². The Morgan fingerprint density at radius 1 is 1.40 bits per heavy atom. The summed E-state index contributed by atoms with van der Waals surface area (Å²) in [6.45, 7) is 1.65. The van der Waals surface area contributed by atoms with Crippen LogP contribution >= 0.6 is 23.3 Å². The van der Waals surface area contributed by atoms with Gasteiger partial charge in [0.15, 0.2) is 0 Å². The molecule has 0 heterocycles. The smallest absolute Gasteiger partial charge is 0.748 e. The molecule has 0 unspecified atom stereocenters. The topological polar surface area (TPSA) is 57.2 Å². The molecule has 0 aliphatic rings. The minimum Gasteiger partial charge on any atom is -0.748 e. The number of hydrogen-bond donors (Lipinski definition) is 2. The zero-order valence-corrected chi connectivity index (χ0v) is 10.5. The first-order valence-electron chi connectivity index (χ1n) is 2.20. The number of rotatable bonds is 2. The molecule has 0 aromatic rings. The van der Waals surface area contributed by atoms with E-state index in [1.54, 1.807) is 6.92 Å². The normalized spacial score (nSPS) is 8.80. The van der Waals surface area contributed by atoms with Crippen molar-refractivity contribution in [3.8, 4) is 0 Å². The first-order chi connectivity index (χ1) is 4.06. The minimum atomic E-state index is -3.92. The van der Waals surface area contributed by atoms with Crippen molar-refractivity contribution in [1.82, 2.24) is 0 Å². The van der Waals surface area contributed by atoms with Gasteiger partial charge in [-0.1, -0.05) is 6.92 Å². The van der Waals surface area contributed by atoms with E-state index in [1.807, 2.05) is 0 Å². The second-order valence-corrected chi connectivity index (χ2v) is 2.79. The molecule has 58 valence electrons. The second-order valence-electron chi connectivity index (χ2n) is 1.26. The van der Waals surface area contributed by atoms with E-state index in [-0.39, 0.29) is 35.3 Å². The van der Waals surface area contributed by atoms with Gasteiger partial charge >= 0.3 is 29.6 Å². The summed E-state index contributed by atoms with van der Waals surface area (Å²) in [4.78, 5) is 0. The van der Waals surface area contributed by atoms with Crippen molar-refractivity contribution in [2.24, 2.45) is 0 Å². The van der Waals surface area contributed by atoms with Crippen LogP contribution in [0.15, 0.2) is 0 Å². The van der Waals surface area contributed by atoms with Gasteiger partial charge in [0.05, 0.1) is 10.1 Å². The maximum absolute atomic E-state index is 9.68. The van der Waals surface area contributed by atoms with E-state index < -0.39 is 10.1 Å². The largest absolute Gasteiger partial charge is 1.00 e. The van der Waals surface area contributed by atoms with Crippen molar-refractivity contribution in [3.05, 3.63) is 0 Å². The Bertz CT molecular complexity index is 132. The zero-order valence-electron chi connectivity index (χ0n) is 5.94. The van der Waals surface area contributed by atoms with Crippen molar-refractivity contribution in [3.63, 3.8) is 0 Å². The molecule has 0 fully saturated rings. The molecular weight excluding hydrogens is 203 g/mol. The molecule has 0 aliphatic carbocycles. The summed E-state index contributed by atoms with van der Waals surface area (Å²) in [5, 5.41) is 0. The van der Waals surface area contributed by atoms with Crippen LogP contribution < -0.4 is 29.6 Å². The molecule has 0 bridgehead atoms. The first-order valence-corrected chi connectivity index (χ1v) is 5.37. The van der Waals surface area contributed by atoms with Gasteiger partial charge in [-0.2, -0.15) is 0 Å². The molecule has 10 heavy (non-hydrogen) atoms. The molecule has 7 heteroatoms. The quantitative estimate of drug-likeness (QED) is 0.234. The molecular formula is C3H9NaO3S3. The van der Waals surface area contributed by atoms with Crippen molar-refractivity contribution < 1.29 is 42.5 Å². The Kier molecular flexibility index (Phi) is 18.7. The van der Waals surface area contributed by atoms with Gasteiger partial charge in [-0.05, 0) is 6.42 Å². The van der Waals surface area contributed by atoms with Gasteiger partial charge in [0.25, 0.3) is 0 Å². The SMILES string of the molecule is CCCS(=O)(=O)[O-].SS.[Na+]. The fraction of sp³-hybridized carbons (Fsp3) is 1.00. The van der Waals surface area contributed by atoms with Crippen molar-refractivity contribution in [2.75, 3.05) is 5.75 Å². The molecule has 0 rings (SSSR count). The monoisotopic (exact) mass is 212 g/mol. The standard InChI is InChI=1S/C3H8O3S.Na.H2S2/c1-2-3-7(4,5)6;;1-2/h2-3H2,1H3,(H,4,5,6);;1-2H/q;+1;/p-1. The Morgan fingerprint density at radius 3 is 1.70 bits per heavy atom. The zero-order chi connectivity index (χ0) is 7.91. The van der Waals surface area contributed by atoms with Gasteiger partial charge in [0, 0.05) is 5.75 Å². The fourth-order valence-electron chi connectivity index (χ4n) is 0.250. The first kappa shape index (κ1) is 17.6.